The molecule has 0 aliphatic rings. The highest BCUT2D eigenvalue weighted by Gasteiger charge is 2.18. The summed E-state index contributed by atoms with van der Waals surface area (Å²) in [5.41, 5.74) is 11.8. The van der Waals surface area contributed by atoms with Gasteiger partial charge in [0.25, 0.3) is 0 Å². The van der Waals surface area contributed by atoms with E-state index in [1.54, 1.807) is 30.3 Å². The monoisotopic (exact) mass is 905 g/mol. The van der Waals surface area contributed by atoms with Crippen molar-refractivity contribution < 1.29 is 29.6 Å². The number of rotatable bonds is 4. The molecule has 0 fully saturated rings. The van der Waals surface area contributed by atoms with E-state index >= 15 is 0 Å². The smallest absolute Gasteiger partial charge is 0.341 e. The van der Waals surface area contributed by atoms with Gasteiger partial charge < -0.3 is 31.5 Å². The molecule has 0 aliphatic heterocycles. The third-order valence-electron chi connectivity index (χ3n) is 5.13. The van der Waals surface area contributed by atoms with E-state index in [1.807, 2.05) is 6.07 Å². The Morgan fingerprint density at radius 3 is 1.72 bits per heavy atom. The number of hydrogen-bond donors (Lipinski definition) is 5. The first-order valence-corrected chi connectivity index (χ1v) is 16.2. The van der Waals surface area contributed by atoms with Crippen LogP contribution in [-0.4, -0.2) is 39.4 Å². The Hall–Kier alpha value is -2.70. The van der Waals surface area contributed by atoms with E-state index in [0.717, 1.165) is 0 Å². The topological polar surface area (TPSA) is 180 Å². The van der Waals surface area contributed by atoms with Crippen LogP contribution in [0.5, 0.6) is 11.5 Å². The molecular formula is C29H19Br2Cl6N3O6S. The molecule has 4 aromatic rings. The second-order valence-electron chi connectivity index (χ2n) is 8.27. The van der Waals surface area contributed by atoms with Gasteiger partial charge in [-0.1, -0.05) is 87.9 Å². The number of carboxylic acids is 2. The molecule has 18 heteroatoms. The lowest BCUT2D eigenvalue weighted by molar-refractivity contribution is 0.0684. The highest BCUT2D eigenvalue weighted by Crippen LogP contribution is 2.34. The first-order valence-electron chi connectivity index (χ1n) is 11.9. The zero-order valence-electron chi connectivity index (χ0n) is 23.3. The molecule has 4 aromatic carbocycles. The summed E-state index contributed by atoms with van der Waals surface area (Å²) in [6.45, 7) is 0. The Labute approximate surface area is 320 Å². The maximum Gasteiger partial charge on any atom is 0.341 e. The second kappa shape index (κ2) is 20.0. The van der Waals surface area contributed by atoms with Gasteiger partial charge in [-0.2, -0.15) is 5.26 Å². The number of halogens is 8. The summed E-state index contributed by atoms with van der Waals surface area (Å²) >= 11 is 45.0. The van der Waals surface area contributed by atoms with Gasteiger partial charge in [0.2, 0.25) is 0 Å². The number of ether oxygens (including phenoxy) is 1. The minimum Gasteiger partial charge on any atom is -0.506 e. The number of aromatic carboxylic acids is 2. The fraction of sp³-hybridized carbons (Fsp3) is 0.0345. The summed E-state index contributed by atoms with van der Waals surface area (Å²) in [5, 5.41) is 36.7. The third-order valence-corrected chi connectivity index (χ3v) is 8.42. The van der Waals surface area contributed by atoms with E-state index in [1.165, 1.54) is 31.4 Å². The van der Waals surface area contributed by atoms with Gasteiger partial charge in [0, 0.05) is 10.6 Å². The van der Waals surface area contributed by atoms with Crippen LogP contribution < -0.4 is 16.2 Å². The normalized spacial score (nSPS) is 9.62. The lowest BCUT2D eigenvalue weighted by Crippen LogP contribution is -2.10. The molecule has 4 rings (SSSR count). The van der Waals surface area contributed by atoms with Gasteiger partial charge >= 0.3 is 11.9 Å². The molecule has 0 unspecified atom stereocenters. The van der Waals surface area contributed by atoms with Crippen molar-refractivity contribution in [2.45, 2.75) is 0 Å². The van der Waals surface area contributed by atoms with Crippen molar-refractivity contribution in [1.29, 1.82) is 5.26 Å². The van der Waals surface area contributed by atoms with Gasteiger partial charge in [0.05, 0.1) is 64.1 Å². The lowest BCUT2D eigenvalue weighted by atomic mass is 10.2. The SMILES string of the molecule is COc1c(Cl)ccc(Cl)c1C(=O)O.N#Cc1cc(Br)c(O)c(Br)c1.NC(=S)c1c(Cl)cccc1Cl.Nc1cc(Cl)cc(C(=O)O)c1Cl. The van der Waals surface area contributed by atoms with Gasteiger partial charge in [0.1, 0.15) is 16.3 Å². The summed E-state index contributed by atoms with van der Waals surface area (Å²) < 4.78 is 5.86. The molecule has 0 heterocycles. The Bertz CT molecular complexity index is 1820. The quantitative estimate of drug-likeness (QED) is 0.0977. The number of anilines is 1. The fourth-order valence-corrected chi connectivity index (χ4v) is 6.06. The average molecular weight is 910 g/mol. The predicted molar refractivity (Wildman–Crippen MR) is 198 cm³/mol. The molecule has 0 saturated heterocycles. The van der Waals surface area contributed by atoms with Crippen LogP contribution in [0.2, 0.25) is 30.1 Å². The molecule has 0 bridgehead atoms. The fourth-order valence-electron chi connectivity index (χ4n) is 3.06. The lowest BCUT2D eigenvalue weighted by Gasteiger charge is -2.07. The first kappa shape index (κ1) is 42.3. The van der Waals surface area contributed by atoms with Crippen LogP contribution in [0.4, 0.5) is 5.69 Å². The van der Waals surface area contributed by atoms with Gasteiger partial charge in [-0.25, -0.2) is 9.59 Å². The Morgan fingerprint density at radius 1 is 0.851 bits per heavy atom. The Morgan fingerprint density at radius 2 is 1.34 bits per heavy atom. The number of nitrogens with zero attached hydrogens (tertiary/aromatic N) is 1. The molecule has 248 valence electrons. The van der Waals surface area contributed by atoms with Crippen LogP contribution in [0, 0.1) is 11.3 Å². The number of hydrogen-bond acceptors (Lipinski definition) is 7. The minimum absolute atomic E-state index is 0.0203. The van der Waals surface area contributed by atoms with E-state index in [9.17, 15) is 14.7 Å². The molecule has 0 amide bonds. The Balaban J connectivity index is 0.000000314. The number of nitriles is 1. The number of phenols is 1. The molecule has 7 N–H and O–H groups in total. The van der Waals surface area contributed by atoms with Crippen LogP contribution in [0.15, 0.2) is 63.5 Å². The van der Waals surface area contributed by atoms with Crippen LogP contribution >= 0.6 is 114 Å². The predicted octanol–water partition coefficient (Wildman–Crippen LogP) is 10.4. The molecule has 0 atom stereocenters. The zero-order valence-corrected chi connectivity index (χ0v) is 31.8. The molecule has 0 aromatic heterocycles. The van der Waals surface area contributed by atoms with Gasteiger partial charge in [-0.3, -0.25) is 0 Å². The number of methoxy groups -OCH3 is 1. The average Bonchev–Trinajstić information content (AvgIpc) is 2.98. The summed E-state index contributed by atoms with van der Waals surface area (Å²) in [7, 11) is 1.34. The van der Waals surface area contributed by atoms with Crippen molar-refractivity contribution in [3.8, 4) is 17.6 Å². The summed E-state index contributed by atoms with van der Waals surface area (Å²) in [4.78, 5) is 21.5. The summed E-state index contributed by atoms with van der Waals surface area (Å²) in [6, 6.07) is 15.8. The number of nitrogen functional groups attached to an aromatic ring is 1. The van der Waals surface area contributed by atoms with E-state index in [2.05, 4.69) is 31.9 Å². The molecule has 47 heavy (non-hydrogen) atoms. The van der Waals surface area contributed by atoms with Crippen LogP contribution in [-0.2, 0) is 0 Å². The van der Waals surface area contributed by atoms with Crippen molar-refractivity contribution in [3.05, 3.63) is 116 Å². The maximum absolute atomic E-state index is 10.7. The van der Waals surface area contributed by atoms with E-state index in [4.69, 9.17) is 114 Å². The number of benzene rings is 4. The van der Waals surface area contributed by atoms with Crippen LogP contribution in [0.25, 0.3) is 0 Å². The van der Waals surface area contributed by atoms with Crippen molar-refractivity contribution in [3.63, 3.8) is 0 Å². The number of carboxylic acid groups (broad SMARTS) is 2. The number of phenolic OH excluding ortho intramolecular Hbond substituents is 1. The van der Waals surface area contributed by atoms with E-state index in [0.29, 0.717) is 30.1 Å². The van der Waals surface area contributed by atoms with Gasteiger partial charge in [-0.05, 0) is 80.4 Å². The van der Waals surface area contributed by atoms with E-state index in [-0.39, 0.29) is 53.4 Å². The number of aromatic hydroxyl groups is 1. The highest BCUT2D eigenvalue weighted by molar-refractivity contribution is 9.11. The number of carbonyl (C=O) groups is 2. The molecule has 0 spiro atoms. The zero-order chi connectivity index (χ0) is 36.2. The van der Waals surface area contributed by atoms with Crippen molar-refractivity contribution >= 4 is 136 Å². The number of thiocarbonyl (C=S) groups is 1. The minimum atomic E-state index is -1.16. The van der Waals surface area contributed by atoms with Gasteiger partial charge in [-0.15, -0.1) is 0 Å². The van der Waals surface area contributed by atoms with Crippen molar-refractivity contribution in [2.75, 3.05) is 12.8 Å². The van der Waals surface area contributed by atoms with Gasteiger partial charge in [0.15, 0.2) is 5.75 Å². The van der Waals surface area contributed by atoms with Crippen molar-refractivity contribution in [1.82, 2.24) is 0 Å². The third kappa shape index (κ3) is 12.7. The molecular weight excluding hydrogens is 891 g/mol. The van der Waals surface area contributed by atoms with Crippen molar-refractivity contribution in [2.24, 2.45) is 5.73 Å². The number of nitrogens with two attached hydrogens (primary N) is 2. The molecule has 0 aliphatic carbocycles. The standard InChI is InChI=1S/C8H6Cl2O3.C7H3Br2NO.C7H5Cl2NO2.C7H5Cl2NS/c1-13-7-5(10)3-2-4(9)6(7)8(11)12;8-5-1-4(3-10)2-6(9)7(5)11;8-3-1-4(7(11)12)6(9)5(10)2-3;8-4-2-1-3-5(9)6(4)7(10)11/h2-3H,1H3,(H,11,12);1-2,11H;1-2H,10H2,(H,11,12);1-3H,(H2,10,11). The summed E-state index contributed by atoms with van der Waals surface area (Å²) in [6.07, 6.45) is 0. The first-order chi connectivity index (χ1) is 21.9. The van der Waals surface area contributed by atoms with Crippen LogP contribution in [0.3, 0.4) is 0 Å². The van der Waals surface area contributed by atoms with E-state index < -0.39 is 11.9 Å². The maximum atomic E-state index is 10.7. The second-order valence-corrected chi connectivity index (χ2v) is 12.9. The summed E-state index contributed by atoms with van der Waals surface area (Å²) in [5.74, 6) is -2.11. The van der Waals surface area contributed by atoms with Crippen LogP contribution in [0.1, 0.15) is 31.8 Å². The molecule has 9 nitrogen and oxygen atoms in total. The highest BCUT2D eigenvalue weighted by atomic mass is 79.9. The Kier molecular flexibility index (Phi) is 18.0. The molecule has 0 saturated carbocycles. The molecule has 0 radical (unpaired) electrons. The largest absolute Gasteiger partial charge is 0.506 e.